The molecule has 1 unspecified atom stereocenters. The van der Waals surface area contributed by atoms with E-state index >= 15 is 0 Å². The van der Waals surface area contributed by atoms with Gasteiger partial charge in [-0.2, -0.15) is 0 Å². The number of amides is 2. The molecular formula is C24H27BrCl2N2O2. The Labute approximate surface area is 202 Å². The summed E-state index contributed by atoms with van der Waals surface area (Å²) in [4.78, 5) is 28.0. The topological polar surface area (TPSA) is 49.4 Å². The summed E-state index contributed by atoms with van der Waals surface area (Å²) in [5.74, 6) is -0.270. The predicted molar refractivity (Wildman–Crippen MR) is 129 cm³/mol. The first-order valence-electron chi connectivity index (χ1n) is 10.6. The molecule has 1 N–H and O–H groups in total. The van der Waals surface area contributed by atoms with Gasteiger partial charge in [-0.3, -0.25) is 9.59 Å². The van der Waals surface area contributed by atoms with Crippen LogP contribution >= 0.6 is 39.1 Å². The van der Waals surface area contributed by atoms with Crippen molar-refractivity contribution in [2.24, 2.45) is 0 Å². The van der Waals surface area contributed by atoms with E-state index in [0.29, 0.717) is 22.2 Å². The second kappa shape index (κ2) is 11.3. The van der Waals surface area contributed by atoms with Crippen LogP contribution in [-0.2, 0) is 22.6 Å². The van der Waals surface area contributed by atoms with Crippen molar-refractivity contribution in [2.45, 2.75) is 64.1 Å². The third-order valence-corrected chi connectivity index (χ3v) is 6.80. The van der Waals surface area contributed by atoms with Crippen molar-refractivity contribution in [3.05, 3.63) is 68.1 Å². The van der Waals surface area contributed by atoms with Gasteiger partial charge in [0, 0.05) is 27.1 Å². The van der Waals surface area contributed by atoms with Crippen molar-refractivity contribution in [1.29, 1.82) is 0 Å². The molecule has 0 radical (unpaired) electrons. The molecular weight excluding hydrogens is 499 g/mol. The smallest absolute Gasteiger partial charge is 0.242 e. The van der Waals surface area contributed by atoms with Crippen LogP contribution in [0.5, 0.6) is 0 Å². The SMILES string of the molecule is CC(C(=O)NC1CCCCC1)N(Cc1cccc(Br)c1)C(=O)Cc1ccc(Cl)cc1Cl. The van der Waals surface area contributed by atoms with Crippen molar-refractivity contribution in [3.63, 3.8) is 0 Å². The van der Waals surface area contributed by atoms with E-state index in [1.54, 1.807) is 30.0 Å². The van der Waals surface area contributed by atoms with Gasteiger partial charge in [0.1, 0.15) is 6.04 Å². The number of rotatable bonds is 7. The van der Waals surface area contributed by atoms with Gasteiger partial charge in [0.25, 0.3) is 0 Å². The monoisotopic (exact) mass is 524 g/mol. The molecule has 7 heteroatoms. The summed E-state index contributed by atoms with van der Waals surface area (Å²) in [5, 5.41) is 4.12. The average Bonchev–Trinajstić information content (AvgIpc) is 2.74. The van der Waals surface area contributed by atoms with E-state index in [4.69, 9.17) is 23.2 Å². The number of hydrogen-bond donors (Lipinski definition) is 1. The highest BCUT2D eigenvalue weighted by atomic mass is 79.9. The molecule has 1 saturated carbocycles. The van der Waals surface area contributed by atoms with Crippen LogP contribution in [0.3, 0.4) is 0 Å². The van der Waals surface area contributed by atoms with Gasteiger partial charge in [0.05, 0.1) is 6.42 Å². The summed E-state index contributed by atoms with van der Waals surface area (Å²) in [7, 11) is 0. The van der Waals surface area contributed by atoms with Gasteiger partial charge in [0.2, 0.25) is 11.8 Å². The zero-order chi connectivity index (χ0) is 22.4. The molecule has 3 rings (SSSR count). The first-order valence-corrected chi connectivity index (χ1v) is 12.2. The van der Waals surface area contributed by atoms with Crippen LogP contribution in [0.25, 0.3) is 0 Å². The summed E-state index contributed by atoms with van der Waals surface area (Å²) in [6, 6.07) is 12.5. The highest BCUT2D eigenvalue weighted by Crippen LogP contribution is 2.23. The minimum Gasteiger partial charge on any atom is -0.352 e. The molecule has 0 saturated heterocycles. The second-order valence-corrected chi connectivity index (χ2v) is 9.84. The second-order valence-electron chi connectivity index (χ2n) is 8.08. The zero-order valence-corrected chi connectivity index (χ0v) is 20.6. The molecule has 2 aromatic rings. The molecule has 1 aliphatic rings. The van der Waals surface area contributed by atoms with Crippen molar-refractivity contribution in [2.75, 3.05) is 0 Å². The molecule has 4 nitrogen and oxygen atoms in total. The molecule has 0 aliphatic heterocycles. The summed E-state index contributed by atoms with van der Waals surface area (Å²) < 4.78 is 0.928. The molecule has 166 valence electrons. The summed E-state index contributed by atoms with van der Waals surface area (Å²) in [6.07, 6.45) is 5.59. The van der Waals surface area contributed by atoms with Crippen molar-refractivity contribution in [3.8, 4) is 0 Å². The minimum absolute atomic E-state index is 0.102. The minimum atomic E-state index is -0.598. The van der Waals surface area contributed by atoms with Crippen LogP contribution in [-0.4, -0.2) is 28.8 Å². The van der Waals surface area contributed by atoms with E-state index in [1.807, 2.05) is 24.3 Å². The van der Waals surface area contributed by atoms with Gasteiger partial charge in [-0.25, -0.2) is 0 Å². The van der Waals surface area contributed by atoms with Crippen LogP contribution < -0.4 is 5.32 Å². The number of nitrogens with zero attached hydrogens (tertiary/aromatic N) is 1. The number of benzene rings is 2. The molecule has 1 atom stereocenters. The molecule has 0 aromatic heterocycles. The Morgan fingerprint density at radius 3 is 2.55 bits per heavy atom. The lowest BCUT2D eigenvalue weighted by atomic mass is 9.95. The van der Waals surface area contributed by atoms with E-state index in [2.05, 4.69) is 21.2 Å². The first-order chi connectivity index (χ1) is 14.8. The molecule has 1 fully saturated rings. The Morgan fingerprint density at radius 2 is 1.87 bits per heavy atom. The van der Waals surface area contributed by atoms with Crippen LogP contribution in [0.15, 0.2) is 46.9 Å². The first kappa shape index (κ1) is 24.1. The standard InChI is InChI=1S/C24H27BrCl2N2O2/c1-16(24(31)28-21-8-3-2-4-9-21)29(15-17-6-5-7-19(25)12-17)23(30)13-18-10-11-20(26)14-22(18)27/h5-7,10-12,14,16,21H,2-4,8-9,13,15H2,1H3,(H,28,31). The summed E-state index contributed by atoms with van der Waals surface area (Å²) >= 11 is 15.8. The molecule has 0 heterocycles. The third-order valence-electron chi connectivity index (χ3n) is 5.72. The van der Waals surface area contributed by atoms with Gasteiger partial charge < -0.3 is 10.2 Å². The van der Waals surface area contributed by atoms with Gasteiger partial charge in [-0.15, -0.1) is 0 Å². The third kappa shape index (κ3) is 6.96. The quantitative estimate of drug-likeness (QED) is 0.470. The number of nitrogens with one attached hydrogen (secondary N) is 1. The fourth-order valence-electron chi connectivity index (χ4n) is 3.91. The maximum absolute atomic E-state index is 13.3. The Balaban J connectivity index is 1.78. The van der Waals surface area contributed by atoms with Crippen LogP contribution in [0, 0.1) is 0 Å². The highest BCUT2D eigenvalue weighted by molar-refractivity contribution is 9.10. The Morgan fingerprint density at radius 1 is 1.13 bits per heavy atom. The molecule has 31 heavy (non-hydrogen) atoms. The molecule has 2 amide bonds. The van der Waals surface area contributed by atoms with Crippen molar-refractivity contribution >= 4 is 50.9 Å². The van der Waals surface area contributed by atoms with Crippen LogP contribution in [0.1, 0.15) is 50.2 Å². The maximum atomic E-state index is 13.3. The number of carbonyl (C=O) groups is 2. The van der Waals surface area contributed by atoms with Gasteiger partial charge in [0.15, 0.2) is 0 Å². The number of hydrogen-bond acceptors (Lipinski definition) is 2. The maximum Gasteiger partial charge on any atom is 0.242 e. The molecule has 0 spiro atoms. The molecule has 1 aliphatic carbocycles. The predicted octanol–water partition coefficient (Wildman–Crippen LogP) is 6.16. The van der Waals surface area contributed by atoms with E-state index < -0.39 is 6.04 Å². The van der Waals surface area contributed by atoms with E-state index in [-0.39, 0.29) is 24.3 Å². The summed E-state index contributed by atoms with van der Waals surface area (Å²) in [5.41, 5.74) is 1.64. The lowest BCUT2D eigenvalue weighted by Gasteiger charge is -2.31. The van der Waals surface area contributed by atoms with E-state index in [1.165, 1.54) is 6.42 Å². The Hall–Kier alpha value is -1.56. The fraction of sp³-hybridized carbons (Fsp3) is 0.417. The van der Waals surface area contributed by atoms with Crippen molar-refractivity contribution < 1.29 is 9.59 Å². The lowest BCUT2D eigenvalue weighted by Crippen LogP contribution is -2.50. The Kier molecular flexibility index (Phi) is 8.82. The summed E-state index contributed by atoms with van der Waals surface area (Å²) in [6.45, 7) is 2.13. The van der Waals surface area contributed by atoms with Gasteiger partial charge in [-0.05, 0) is 55.2 Å². The van der Waals surface area contributed by atoms with Crippen LogP contribution in [0.2, 0.25) is 10.0 Å². The molecule has 0 bridgehead atoms. The fourth-order valence-corrected chi connectivity index (χ4v) is 4.83. The van der Waals surface area contributed by atoms with E-state index in [0.717, 1.165) is 35.7 Å². The lowest BCUT2D eigenvalue weighted by molar-refractivity contribution is -0.140. The zero-order valence-electron chi connectivity index (χ0n) is 17.5. The average molecular weight is 526 g/mol. The van der Waals surface area contributed by atoms with Gasteiger partial charge >= 0.3 is 0 Å². The number of carbonyl (C=O) groups excluding carboxylic acids is 2. The van der Waals surface area contributed by atoms with Gasteiger partial charge in [-0.1, -0.05) is 76.6 Å². The molecule has 2 aromatic carbocycles. The highest BCUT2D eigenvalue weighted by Gasteiger charge is 2.28. The largest absolute Gasteiger partial charge is 0.352 e. The Bertz CT molecular complexity index is 932. The number of halogens is 3. The van der Waals surface area contributed by atoms with Crippen molar-refractivity contribution in [1.82, 2.24) is 10.2 Å². The van der Waals surface area contributed by atoms with Crippen LogP contribution in [0.4, 0.5) is 0 Å². The van der Waals surface area contributed by atoms with E-state index in [9.17, 15) is 9.59 Å². The normalized spacial score (nSPS) is 15.4.